The number of ether oxygens (including phenoxy) is 2. The number of hydrogen-bond donors (Lipinski definition) is 2. The number of para-hydroxylation sites is 1. The van der Waals surface area contributed by atoms with Crippen LogP contribution in [0.4, 0.5) is 0 Å². The van der Waals surface area contributed by atoms with E-state index in [2.05, 4.69) is 5.32 Å². The third-order valence-electron chi connectivity index (χ3n) is 2.66. The molecule has 0 saturated carbocycles. The van der Waals surface area contributed by atoms with Crippen molar-refractivity contribution in [2.75, 3.05) is 20.8 Å². The van der Waals surface area contributed by atoms with Crippen LogP contribution in [0, 0.1) is 0 Å². The zero-order valence-corrected chi connectivity index (χ0v) is 11.0. The predicted molar refractivity (Wildman–Crippen MR) is 69.8 cm³/mol. The summed E-state index contributed by atoms with van der Waals surface area (Å²) in [6, 6.07) is 5.41. The standard InChI is InChI=1S/C13H20N2O3/c1-4-15-10(8-12(14)16)9-6-5-7-11(17-2)13(9)18-3/h5-7,10,15H,4,8H2,1-3H3,(H2,14,16). The Bertz CT molecular complexity index is 407. The summed E-state index contributed by atoms with van der Waals surface area (Å²) in [5.41, 5.74) is 6.14. The van der Waals surface area contributed by atoms with Crippen LogP contribution in [0.25, 0.3) is 0 Å². The number of amides is 1. The molecule has 1 aromatic carbocycles. The van der Waals surface area contributed by atoms with Crippen LogP contribution in [-0.4, -0.2) is 26.7 Å². The van der Waals surface area contributed by atoms with E-state index in [-0.39, 0.29) is 18.4 Å². The van der Waals surface area contributed by atoms with Crippen molar-refractivity contribution < 1.29 is 14.3 Å². The van der Waals surface area contributed by atoms with Crippen molar-refractivity contribution in [3.63, 3.8) is 0 Å². The minimum Gasteiger partial charge on any atom is -0.493 e. The van der Waals surface area contributed by atoms with Gasteiger partial charge in [-0.25, -0.2) is 0 Å². The summed E-state index contributed by atoms with van der Waals surface area (Å²) >= 11 is 0. The Morgan fingerprint density at radius 3 is 2.61 bits per heavy atom. The fourth-order valence-corrected chi connectivity index (χ4v) is 1.93. The van der Waals surface area contributed by atoms with Crippen LogP contribution in [0.15, 0.2) is 18.2 Å². The molecule has 1 rings (SSSR count). The second-order valence-corrected chi connectivity index (χ2v) is 3.86. The number of rotatable bonds is 7. The maximum absolute atomic E-state index is 11.1. The Kier molecular flexibility index (Phi) is 5.45. The average Bonchev–Trinajstić information content (AvgIpc) is 2.36. The minimum atomic E-state index is -0.356. The number of primary amides is 1. The Hall–Kier alpha value is -1.75. The van der Waals surface area contributed by atoms with E-state index < -0.39 is 0 Å². The van der Waals surface area contributed by atoms with Gasteiger partial charge in [0.05, 0.1) is 14.2 Å². The molecule has 0 radical (unpaired) electrons. The molecule has 0 aliphatic heterocycles. The van der Waals surface area contributed by atoms with E-state index in [0.29, 0.717) is 11.5 Å². The maximum Gasteiger partial charge on any atom is 0.219 e. The van der Waals surface area contributed by atoms with E-state index >= 15 is 0 Å². The molecular formula is C13H20N2O3. The lowest BCUT2D eigenvalue weighted by Crippen LogP contribution is -2.27. The molecule has 0 aliphatic rings. The summed E-state index contributed by atoms with van der Waals surface area (Å²) < 4.78 is 10.6. The molecule has 0 spiro atoms. The molecular weight excluding hydrogens is 232 g/mol. The van der Waals surface area contributed by atoms with Crippen molar-refractivity contribution in [1.82, 2.24) is 5.32 Å². The molecule has 0 heterocycles. The van der Waals surface area contributed by atoms with Crippen LogP contribution in [0.2, 0.25) is 0 Å². The lowest BCUT2D eigenvalue weighted by atomic mass is 10.0. The van der Waals surface area contributed by atoms with Gasteiger partial charge in [-0.15, -0.1) is 0 Å². The zero-order valence-electron chi connectivity index (χ0n) is 11.0. The van der Waals surface area contributed by atoms with E-state index in [0.717, 1.165) is 12.1 Å². The second kappa shape index (κ2) is 6.86. The zero-order chi connectivity index (χ0) is 13.5. The molecule has 18 heavy (non-hydrogen) atoms. The van der Waals surface area contributed by atoms with E-state index in [9.17, 15) is 4.79 Å². The van der Waals surface area contributed by atoms with Crippen LogP contribution in [0.5, 0.6) is 11.5 Å². The van der Waals surface area contributed by atoms with Gasteiger partial charge < -0.3 is 20.5 Å². The van der Waals surface area contributed by atoms with Crippen LogP contribution in [-0.2, 0) is 4.79 Å². The first-order valence-corrected chi connectivity index (χ1v) is 5.86. The fraction of sp³-hybridized carbons (Fsp3) is 0.462. The van der Waals surface area contributed by atoms with Gasteiger partial charge >= 0.3 is 0 Å². The molecule has 0 saturated heterocycles. The normalized spacial score (nSPS) is 11.9. The SMILES string of the molecule is CCNC(CC(N)=O)c1cccc(OC)c1OC. The van der Waals surface area contributed by atoms with Gasteiger partial charge in [-0.3, -0.25) is 4.79 Å². The number of hydrogen-bond acceptors (Lipinski definition) is 4. The van der Waals surface area contributed by atoms with Crippen molar-refractivity contribution in [1.29, 1.82) is 0 Å². The smallest absolute Gasteiger partial charge is 0.219 e. The van der Waals surface area contributed by atoms with E-state index in [1.54, 1.807) is 14.2 Å². The summed E-state index contributed by atoms with van der Waals surface area (Å²) in [4.78, 5) is 11.1. The first-order chi connectivity index (χ1) is 8.63. The summed E-state index contributed by atoms with van der Waals surface area (Å²) in [7, 11) is 3.16. The second-order valence-electron chi connectivity index (χ2n) is 3.86. The van der Waals surface area contributed by atoms with Crippen molar-refractivity contribution in [2.45, 2.75) is 19.4 Å². The maximum atomic E-state index is 11.1. The summed E-state index contributed by atoms with van der Waals surface area (Å²) in [6.07, 6.45) is 0.220. The van der Waals surface area contributed by atoms with Crippen molar-refractivity contribution in [2.24, 2.45) is 5.73 Å². The van der Waals surface area contributed by atoms with Gasteiger partial charge in [0.2, 0.25) is 5.91 Å². The average molecular weight is 252 g/mol. The topological polar surface area (TPSA) is 73.6 Å². The van der Waals surface area contributed by atoms with Gasteiger partial charge in [0.15, 0.2) is 11.5 Å². The van der Waals surface area contributed by atoms with E-state index in [1.807, 2.05) is 25.1 Å². The molecule has 1 atom stereocenters. The molecule has 0 fully saturated rings. The van der Waals surface area contributed by atoms with Crippen LogP contribution in [0.3, 0.4) is 0 Å². The van der Waals surface area contributed by atoms with Crippen molar-refractivity contribution in [3.05, 3.63) is 23.8 Å². The molecule has 100 valence electrons. The number of methoxy groups -OCH3 is 2. The highest BCUT2D eigenvalue weighted by molar-refractivity contribution is 5.75. The third-order valence-corrected chi connectivity index (χ3v) is 2.66. The number of carbonyl (C=O) groups is 1. The number of carbonyl (C=O) groups excluding carboxylic acids is 1. The highest BCUT2D eigenvalue weighted by atomic mass is 16.5. The van der Waals surface area contributed by atoms with Crippen LogP contribution >= 0.6 is 0 Å². The van der Waals surface area contributed by atoms with Gasteiger partial charge in [-0.05, 0) is 12.6 Å². The summed E-state index contributed by atoms with van der Waals surface area (Å²) in [5.74, 6) is 0.917. The van der Waals surface area contributed by atoms with Gasteiger partial charge in [-0.2, -0.15) is 0 Å². The van der Waals surface area contributed by atoms with Crippen LogP contribution in [0.1, 0.15) is 24.9 Å². The molecule has 0 bridgehead atoms. The molecule has 0 aliphatic carbocycles. The third kappa shape index (κ3) is 3.37. The van der Waals surface area contributed by atoms with E-state index in [1.165, 1.54) is 0 Å². The fourth-order valence-electron chi connectivity index (χ4n) is 1.93. The van der Waals surface area contributed by atoms with Crippen molar-refractivity contribution >= 4 is 5.91 Å². The number of nitrogens with one attached hydrogen (secondary N) is 1. The predicted octanol–water partition coefficient (Wildman–Crippen LogP) is 1.23. The number of benzene rings is 1. The summed E-state index contributed by atoms with van der Waals surface area (Å²) in [6.45, 7) is 2.71. The highest BCUT2D eigenvalue weighted by Crippen LogP contribution is 2.35. The van der Waals surface area contributed by atoms with Gasteiger partial charge in [-0.1, -0.05) is 19.1 Å². The molecule has 3 N–H and O–H groups in total. The quantitative estimate of drug-likeness (QED) is 0.765. The Morgan fingerprint density at radius 2 is 2.11 bits per heavy atom. The number of nitrogens with two attached hydrogens (primary N) is 1. The largest absolute Gasteiger partial charge is 0.493 e. The molecule has 1 amide bonds. The molecule has 0 aromatic heterocycles. The van der Waals surface area contributed by atoms with E-state index in [4.69, 9.17) is 15.2 Å². The van der Waals surface area contributed by atoms with Gasteiger partial charge in [0.25, 0.3) is 0 Å². The highest BCUT2D eigenvalue weighted by Gasteiger charge is 2.19. The Labute approximate surface area is 107 Å². The van der Waals surface area contributed by atoms with Gasteiger partial charge in [0, 0.05) is 18.0 Å². The minimum absolute atomic E-state index is 0.169. The first-order valence-electron chi connectivity index (χ1n) is 5.86. The monoisotopic (exact) mass is 252 g/mol. The van der Waals surface area contributed by atoms with Crippen molar-refractivity contribution in [3.8, 4) is 11.5 Å². The molecule has 1 unspecified atom stereocenters. The lowest BCUT2D eigenvalue weighted by Gasteiger charge is -2.20. The van der Waals surface area contributed by atoms with Gasteiger partial charge in [0.1, 0.15) is 0 Å². The summed E-state index contributed by atoms with van der Waals surface area (Å²) in [5, 5.41) is 3.22. The Balaban J connectivity index is 3.13. The lowest BCUT2D eigenvalue weighted by molar-refractivity contribution is -0.118. The van der Waals surface area contributed by atoms with Crippen LogP contribution < -0.4 is 20.5 Å². The molecule has 1 aromatic rings. The molecule has 5 nitrogen and oxygen atoms in total. The molecule has 5 heteroatoms. The Morgan fingerprint density at radius 1 is 1.39 bits per heavy atom. The first kappa shape index (κ1) is 14.3.